The van der Waals surface area contributed by atoms with Crippen LogP contribution >= 0.6 is 0 Å². The first-order valence-corrected chi connectivity index (χ1v) is 19.6. The molecule has 10 heteroatoms. The summed E-state index contributed by atoms with van der Waals surface area (Å²) in [7, 11) is 0. The number of carbonyl (C=O) groups is 3. The number of piperazine rings is 1. The van der Waals surface area contributed by atoms with Crippen LogP contribution in [-0.4, -0.2) is 89.5 Å². The summed E-state index contributed by atoms with van der Waals surface area (Å²) in [6.07, 6.45) is 10.6. The molecule has 1 unspecified atom stereocenters. The molecule has 2 atom stereocenters. The number of phenols is 1. The summed E-state index contributed by atoms with van der Waals surface area (Å²) in [5.74, 6) is 1.53. The Labute approximate surface area is 306 Å². The van der Waals surface area contributed by atoms with Gasteiger partial charge in [-0.05, 0) is 109 Å². The summed E-state index contributed by atoms with van der Waals surface area (Å²) in [5, 5.41) is 12.6. The molecule has 2 aliphatic carbocycles. The second-order valence-electron chi connectivity index (χ2n) is 16.3. The van der Waals surface area contributed by atoms with E-state index in [9.17, 15) is 19.5 Å². The minimum atomic E-state index is -0.620. The number of aromatic hydroxyl groups is 1. The summed E-state index contributed by atoms with van der Waals surface area (Å²) < 4.78 is 0. The number of hydrogen-bond donors (Lipinski definition) is 2. The van der Waals surface area contributed by atoms with E-state index in [-0.39, 0.29) is 18.2 Å². The minimum absolute atomic E-state index is 0.179. The summed E-state index contributed by atoms with van der Waals surface area (Å²) >= 11 is 0. The number of phenolic OH excluding ortho intramolecular Hbond substituents is 1. The maximum absolute atomic E-state index is 13.1. The van der Waals surface area contributed by atoms with Gasteiger partial charge in [0.25, 0.3) is 5.91 Å². The van der Waals surface area contributed by atoms with Crippen molar-refractivity contribution < 1.29 is 19.5 Å². The van der Waals surface area contributed by atoms with E-state index in [1.165, 1.54) is 67.3 Å². The SMILES string of the molecule is O=C1CCC(N2Cc3nc(N4CCN(CC5CCN(c6ccc([C@H]7c8ccc(O)cc8CCC78CCCC8)cc6)CC5)CC4)ccc3C2=O)C(=O)N1. The van der Waals surface area contributed by atoms with Gasteiger partial charge >= 0.3 is 0 Å². The number of hydrogen-bond acceptors (Lipinski definition) is 8. The van der Waals surface area contributed by atoms with Gasteiger partial charge in [-0.15, -0.1) is 0 Å². The maximum atomic E-state index is 13.1. The van der Waals surface area contributed by atoms with Gasteiger partial charge in [-0.1, -0.05) is 31.0 Å². The van der Waals surface area contributed by atoms with Crippen LogP contribution in [0.1, 0.15) is 96.4 Å². The molecular formula is C42H50N6O4. The van der Waals surface area contributed by atoms with Crippen molar-refractivity contribution in [3.05, 3.63) is 82.5 Å². The third-order valence-corrected chi connectivity index (χ3v) is 13.3. The number of benzene rings is 2. The van der Waals surface area contributed by atoms with E-state index < -0.39 is 11.9 Å². The Morgan fingerprint density at radius 1 is 0.808 bits per heavy atom. The van der Waals surface area contributed by atoms with Crippen LogP contribution in [0, 0.1) is 11.3 Å². The zero-order valence-corrected chi connectivity index (χ0v) is 30.1. The predicted molar refractivity (Wildman–Crippen MR) is 199 cm³/mol. The van der Waals surface area contributed by atoms with Crippen LogP contribution in [0.4, 0.5) is 11.5 Å². The molecule has 5 heterocycles. The standard InChI is InChI=1S/C42H50N6O4/c49-32-7-8-33-30(25-32)13-18-42(16-1-2-17-42)39(33)29-3-5-31(6-4-29)46-19-14-28(15-20-46)26-45-21-23-47(24-22-45)37-11-9-34-35(43-37)27-48(41(34)52)36-10-12-38(50)44-40(36)51/h3-9,11,25,28,36,39,49H,1-2,10,12-24,26-27H2,(H,44,50,51)/t36?,39-/m0/s1. The van der Waals surface area contributed by atoms with Gasteiger partial charge in [0.1, 0.15) is 17.6 Å². The summed E-state index contributed by atoms with van der Waals surface area (Å²) in [6, 6.07) is 18.8. The molecule has 3 aromatic rings. The molecule has 2 aromatic carbocycles. The lowest BCUT2D eigenvalue weighted by molar-refractivity contribution is -0.136. The first-order chi connectivity index (χ1) is 25.3. The van der Waals surface area contributed by atoms with Gasteiger partial charge in [0.05, 0.1) is 17.8 Å². The second kappa shape index (κ2) is 13.5. The van der Waals surface area contributed by atoms with Crippen molar-refractivity contribution >= 4 is 29.2 Å². The smallest absolute Gasteiger partial charge is 0.256 e. The van der Waals surface area contributed by atoms with Crippen LogP contribution in [0.5, 0.6) is 5.75 Å². The molecule has 1 saturated carbocycles. The molecule has 2 N–H and O–H groups in total. The molecule has 4 aliphatic heterocycles. The van der Waals surface area contributed by atoms with Gasteiger partial charge in [-0.3, -0.25) is 24.6 Å². The zero-order valence-electron chi connectivity index (χ0n) is 30.1. The Morgan fingerprint density at radius 2 is 1.58 bits per heavy atom. The lowest BCUT2D eigenvalue weighted by atomic mass is 9.60. The molecule has 1 spiro atoms. The Morgan fingerprint density at radius 3 is 2.33 bits per heavy atom. The van der Waals surface area contributed by atoms with Gasteiger partial charge < -0.3 is 19.8 Å². The largest absolute Gasteiger partial charge is 0.508 e. The molecular weight excluding hydrogens is 653 g/mol. The summed E-state index contributed by atoms with van der Waals surface area (Å²) in [6.45, 7) is 7.40. The zero-order chi connectivity index (χ0) is 35.4. The van der Waals surface area contributed by atoms with E-state index in [1.54, 1.807) is 4.90 Å². The Bertz CT molecular complexity index is 1860. The number of fused-ring (bicyclic) bond motifs is 2. The van der Waals surface area contributed by atoms with Gasteiger partial charge in [-0.2, -0.15) is 0 Å². The van der Waals surface area contributed by atoms with Gasteiger partial charge in [0, 0.05) is 63.8 Å². The maximum Gasteiger partial charge on any atom is 0.256 e. The predicted octanol–water partition coefficient (Wildman–Crippen LogP) is 5.23. The molecule has 10 nitrogen and oxygen atoms in total. The average Bonchev–Trinajstić information content (AvgIpc) is 3.76. The molecule has 0 bridgehead atoms. The van der Waals surface area contributed by atoms with E-state index in [0.29, 0.717) is 47.2 Å². The van der Waals surface area contributed by atoms with Crippen molar-refractivity contribution in [3.8, 4) is 5.75 Å². The average molecular weight is 703 g/mol. The lowest BCUT2D eigenvalue weighted by Crippen LogP contribution is -2.52. The number of amides is 3. The molecule has 3 saturated heterocycles. The van der Waals surface area contributed by atoms with Crippen molar-refractivity contribution in [1.29, 1.82) is 0 Å². The van der Waals surface area contributed by atoms with Crippen LogP contribution < -0.4 is 15.1 Å². The highest BCUT2D eigenvalue weighted by Crippen LogP contribution is 2.58. The molecule has 6 aliphatic rings. The number of rotatable bonds is 6. The van der Waals surface area contributed by atoms with E-state index >= 15 is 0 Å². The number of aromatic nitrogens is 1. The first kappa shape index (κ1) is 33.4. The van der Waals surface area contributed by atoms with Crippen LogP contribution in [0.25, 0.3) is 0 Å². The summed E-state index contributed by atoms with van der Waals surface area (Å²) in [5.41, 5.74) is 7.16. The molecule has 52 heavy (non-hydrogen) atoms. The van der Waals surface area contributed by atoms with Crippen molar-refractivity contribution in [2.24, 2.45) is 11.3 Å². The number of piperidine rings is 2. The van der Waals surface area contributed by atoms with E-state index in [0.717, 1.165) is 58.1 Å². The van der Waals surface area contributed by atoms with E-state index in [1.807, 2.05) is 24.3 Å². The third kappa shape index (κ3) is 6.12. The number of aryl methyl sites for hydroxylation is 1. The fraction of sp³-hybridized carbons (Fsp3) is 0.524. The van der Waals surface area contributed by atoms with Gasteiger partial charge in [0.2, 0.25) is 11.8 Å². The van der Waals surface area contributed by atoms with Crippen LogP contribution in [-0.2, 0) is 22.6 Å². The highest BCUT2D eigenvalue weighted by Gasteiger charge is 2.46. The number of anilines is 2. The topological polar surface area (TPSA) is 109 Å². The van der Waals surface area contributed by atoms with E-state index in [2.05, 4.69) is 50.3 Å². The van der Waals surface area contributed by atoms with E-state index in [4.69, 9.17) is 4.98 Å². The van der Waals surface area contributed by atoms with Crippen molar-refractivity contribution in [2.75, 3.05) is 55.6 Å². The lowest BCUT2D eigenvalue weighted by Gasteiger charge is -2.43. The third-order valence-electron chi connectivity index (χ3n) is 13.3. The van der Waals surface area contributed by atoms with Crippen molar-refractivity contribution in [1.82, 2.24) is 20.1 Å². The fourth-order valence-electron chi connectivity index (χ4n) is 10.5. The van der Waals surface area contributed by atoms with Crippen molar-refractivity contribution in [3.63, 3.8) is 0 Å². The monoisotopic (exact) mass is 702 g/mol. The molecule has 272 valence electrons. The number of pyridine rings is 1. The van der Waals surface area contributed by atoms with Gasteiger partial charge in [0.15, 0.2) is 0 Å². The highest BCUT2D eigenvalue weighted by molar-refractivity contribution is 6.05. The molecule has 4 fully saturated rings. The Balaban J connectivity index is 0.773. The molecule has 3 amide bonds. The quantitative estimate of drug-likeness (QED) is 0.337. The van der Waals surface area contributed by atoms with Crippen LogP contribution in [0.3, 0.4) is 0 Å². The summed E-state index contributed by atoms with van der Waals surface area (Å²) in [4.78, 5) is 51.1. The minimum Gasteiger partial charge on any atom is -0.508 e. The fourth-order valence-corrected chi connectivity index (χ4v) is 10.5. The normalized spacial score (nSPS) is 25.1. The van der Waals surface area contributed by atoms with Gasteiger partial charge in [-0.25, -0.2) is 4.98 Å². The van der Waals surface area contributed by atoms with Crippen LogP contribution in [0.2, 0.25) is 0 Å². The Kier molecular flexibility index (Phi) is 8.68. The number of nitrogens with one attached hydrogen (secondary N) is 1. The number of nitrogens with zero attached hydrogens (tertiary/aromatic N) is 5. The molecule has 1 aromatic heterocycles. The highest BCUT2D eigenvalue weighted by atomic mass is 16.3. The number of imide groups is 1. The molecule has 9 rings (SSSR count). The second-order valence-corrected chi connectivity index (χ2v) is 16.3. The first-order valence-electron chi connectivity index (χ1n) is 19.6. The Hall–Kier alpha value is -4.44. The molecule has 0 radical (unpaired) electrons. The van der Waals surface area contributed by atoms with Crippen LogP contribution in [0.15, 0.2) is 54.6 Å². The number of carbonyl (C=O) groups excluding carboxylic acids is 3. The van der Waals surface area contributed by atoms with Crippen molar-refractivity contribution in [2.45, 2.75) is 82.7 Å².